The number of rotatable bonds is 1. The van der Waals surface area contributed by atoms with Crippen molar-refractivity contribution in [2.75, 3.05) is 0 Å². The molecule has 0 bridgehead atoms. The Hall–Kier alpha value is -1.50. The van der Waals surface area contributed by atoms with Gasteiger partial charge in [0, 0.05) is 0 Å². The average molecular weight is 168 g/mol. The lowest BCUT2D eigenvalue weighted by Crippen LogP contribution is -1.79. The maximum atomic E-state index is 4.75. The van der Waals surface area contributed by atoms with Crippen molar-refractivity contribution in [3.63, 3.8) is 0 Å². The predicted molar refractivity (Wildman–Crippen MR) is 39.1 cm³/mol. The van der Waals surface area contributed by atoms with Crippen LogP contribution in [-0.2, 0) is 0 Å². The zero-order chi connectivity index (χ0) is 7.68. The zero-order valence-corrected chi connectivity index (χ0v) is 6.14. The van der Waals surface area contributed by atoms with Gasteiger partial charge < -0.3 is 0 Å². The van der Waals surface area contributed by atoms with Crippen LogP contribution < -0.4 is 0 Å². The Labute approximate surface area is 66.0 Å². The maximum Gasteiger partial charge on any atom is 0.213 e. The van der Waals surface area contributed by atoms with Crippen LogP contribution >= 0.6 is 12.2 Å². The van der Waals surface area contributed by atoms with Crippen molar-refractivity contribution < 1.29 is 0 Å². The molecule has 0 saturated carbocycles. The van der Waals surface area contributed by atoms with Gasteiger partial charge in [-0.05, 0) is 12.2 Å². The predicted octanol–water partition coefficient (Wildman–Crippen LogP) is 0.252. The molecule has 6 nitrogen and oxygen atoms in total. The van der Waals surface area contributed by atoms with Crippen LogP contribution in [0.25, 0.3) is 11.5 Å². The molecule has 0 atom stereocenters. The van der Waals surface area contributed by atoms with Gasteiger partial charge in [-0.1, -0.05) is 0 Å². The first kappa shape index (κ1) is 6.23. The van der Waals surface area contributed by atoms with Crippen LogP contribution in [-0.4, -0.2) is 30.6 Å². The second-order valence-corrected chi connectivity index (χ2v) is 2.26. The summed E-state index contributed by atoms with van der Waals surface area (Å²) in [7, 11) is 0. The highest BCUT2D eigenvalue weighted by Crippen LogP contribution is 2.05. The molecule has 0 spiro atoms. The number of nitrogens with zero attached hydrogens (tertiary/aromatic N) is 3. The summed E-state index contributed by atoms with van der Waals surface area (Å²) in [5.41, 5.74) is 0.636. The first-order chi connectivity index (χ1) is 5.36. The van der Waals surface area contributed by atoms with E-state index in [2.05, 4.69) is 30.6 Å². The van der Waals surface area contributed by atoms with Gasteiger partial charge >= 0.3 is 0 Å². The van der Waals surface area contributed by atoms with E-state index in [1.165, 1.54) is 0 Å². The molecule has 2 aromatic heterocycles. The SMILES string of the molecule is S=c1nc(-c2cn[nH]n2)[nH][nH]1. The molecule has 56 valence electrons. The molecule has 0 radical (unpaired) electrons. The monoisotopic (exact) mass is 168 g/mol. The minimum atomic E-state index is 0.406. The molecular weight excluding hydrogens is 164 g/mol. The molecule has 0 aliphatic heterocycles. The van der Waals surface area contributed by atoms with Gasteiger partial charge in [0.25, 0.3) is 0 Å². The molecule has 0 fully saturated rings. The highest BCUT2D eigenvalue weighted by molar-refractivity contribution is 7.71. The smallest absolute Gasteiger partial charge is 0.213 e. The second kappa shape index (κ2) is 2.27. The van der Waals surface area contributed by atoms with Crippen molar-refractivity contribution in [3.05, 3.63) is 11.0 Å². The van der Waals surface area contributed by atoms with Gasteiger partial charge in [-0.15, -0.1) is 0 Å². The molecule has 3 N–H and O–H groups in total. The topological polar surface area (TPSA) is 86.0 Å². The van der Waals surface area contributed by atoms with Gasteiger partial charge in [-0.2, -0.15) is 20.4 Å². The van der Waals surface area contributed by atoms with Gasteiger partial charge in [0.1, 0.15) is 5.69 Å². The standard InChI is InChI=1S/C4H4N6S/c11-4-6-3(8-9-4)2-1-5-10-7-2/h1H,(H,5,7,10)(H2,6,8,9,11). The van der Waals surface area contributed by atoms with Gasteiger partial charge in [0.05, 0.1) is 6.20 Å². The van der Waals surface area contributed by atoms with Crippen molar-refractivity contribution in [1.29, 1.82) is 0 Å². The summed E-state index contributed by atoms with van der Waals surface area (Å²) in [6.45, 7) is 0. The molecule has 2 aromatic rings. The largest absolute Gasteiger partial charge is 0.280 e. The Balaban J connectivity index is 2.53. The molecule has 0 amide bonds. The summed E-state index contributed by atoms with van der Waals surface area (Å²) in [5, 5.41) is 15.3. The third kappa shape index (κ3) is 1.05. The van der Waals surface area contributed by atoms with Gasteiger partial charge in [0.2, 0.25) is 4.77 Å². The normalized spacial score (nSPS) is 10.2. The summed E-state index contributed by atoms with van der Waals surface area (Å²) in [6, 6.07) is 0. The van der Waals surface area contributed by atoms with Crippen molar-refractivity contribution in [2.24, 2.45) is 0 Å². The fraction of sp³-hybridized carbons (Fsp3) is 0. The molecule has 11 heavy (non-hydrogen) atoms. The van der Waals surface area contributed by atoms with Gasteiger partial charge in [0.15, 0.2) is 5.82 Å². The van der Waals surface area contributed by atoms with Crippen LogP contribution in [0.5, 0.6) is 0 Å². The molecular formula is C4H4N6S. The van der Waals surface area contributed by atoms with Gasteiger partial charge in [-0.3, -0.25) is 10.2 Å². The maximum absolute atomic E-state index is 4.75. The third-order valence-electron chi connectivity index (χ3n) is 1.16. The second-order valence-electron chi connectivity index (χ2n) is 1.87. The molecule has 0 aliphatic carbocycles. The van der Waals surface area contributed by atoms with Crippen molar-refractivity contribution in [3.8, 4) is 11.5 Å². The average Bonchev–Trinajstić information content (AvgIpc) is 2.55. The Morgan fingerprint density at radius 1 is 1.36 bits per heavy atom. The summed E-state index contributed by atoms with van der Waals surface area (Å²) in [6.07, 6.45) is 1.56. The lowest BCUT2D eigenvalue weighted by molar-refractivity contribution is 0.938. The summed E-state index contributed by atoms with van der Waals surface area (Å²) in [5.74, 6) is 0.587. The number of aromatic amines is 3. The number of aromatic nitrogens is 6. The molecule has 0 saturated heterocycles. The number of hydrogen-bond acceptors (Lipinski definition) is 4. The van der Waals surface area contributed by atoms with Crippen molar-refractivity contribution >= 4 is 12.2 Å². The number of nitrogens with one attached hydrogen (secondary N) is 3. The van der Waals surface area contributed by atoms with Crippen LogP contribution in [0.15, 0.2) is 6.20 Å². The van der Waals surface area contributed by atoms with E-state index in [-0.39, 0.29) is 0 Å². The minimum absolute atomic E-state index is 0.406. The Morgan fingerprint density at radius 3 is 2.82 bits per heavy atom. The molecule has 0 aliphatic rings. The van der Waals surface area contributed by atoms with E-state index in [1.54, 1.807) is 6.20 Å². The fourth-order valence-electron chi connectivity index (χ4n) is 0.707. The van der Waals surface area contributed by atoms with Crippen LogP contribution in [0.3, 0.4) is 0 Å². The molecule has 2 heterocycles. The molecule has 7 heteroatoms. The lowest BCUT2D eigenvalue weighted by Gasteiger charge is -1.81. The van der Waals surface area contributed by atoms with Crippen molar-refractivity contribution in [2.45, 2.75) is 0 Å². The van der Waals surface area contributed by atoms with E-state index in [4.69, 9.17) is 12.2 Å². The van der Waals surface area contributed by atoms with Gasteiger partial charge in [-0.25, -0.2) is 0 Å². The summed E-state index contributed by atoms with van der Waals surface area (Å²) < 4.78 is 0.406. The van der Waals surface area contributed by atoms with E-state index < -0.39 is 0 Å². The van der Waals surface area contributed by atoms with E-state index in [0.717, 1.165) is 0 Å². The Morgan fingerprint density at radius 2 is 2.27 bits per heavy atom. The van der Waals surface area contributed by atoms with Crippen LogP contribution in [0.1, 0.15) is 0 Å². The Bertz CT molecular complexity index is 383. The van der Waals surface area contributed by atoms with E-state index in [0.29, 0.717) is 16.3 Å². The molecule has 2 rings (SSSR count). The first-order valence-electron chi connectivity index (χ1n) is 2.87. The minimum Gasteiger partial charge on any atom is -0.280 e. The quantitative estimate of drug-likeness (QED) is 0.533. The first-order valence-corrected chi connectivity index (χ1v) is 3.28. The third-order valence-corrected chi connectivity index (χ3v) is 1.35. The lowest BCUT2D eigenvalue weighted by atomic mass is 10.5. The number of hydrogen-bond donors (Lipinski definition) is 3. The molecule has 0 unspecified atom stereocenters. The van der Waals surface area contributed by atoms with Crippen LogP contribution in [0, 0.1) is 4.77 Å². The number of H-pyrrole nitrogens is 3. The highest BCUT2D eigenvalue weighted by atomic mass is 32.1. The van der Waals surface area contributed by atoms with Crippen molar-refractivity contribution in [1.82, 2.24) is 30.6 Å². The van der Waals surface area contributed by atoms with E-state index >= 15 is 0 Å². The van der Waals surface area contributed by atoms with E-state index in [1.807, 2.05) is 0 Å². The van der Waals surface area contributed by atoms with E-state index in [9.17, 15) is 0 Å². The summed E-state index contributed by atoms with van der Waals surface area (Å²) in [4.78, 5) is 3.93. The van der Waals surface area contributed by atoms with Crippen LogP contribution in [0.4, 0.5) is 0 Å². The molecule has 0 aromatic carbocycles. The zero-order valence-electron chi connectivity index (χ0n) is 5.33. The Kier molecular flexibility index (Phi) is 1.29. The fourth-order valence-corrected chi connectivity index (χ4v) is 0.849. The van der Waals surface area contributed by atoms with Crippen LogP contribution in [0.2, 0.25) is 0 Å². The highest BCUT2D eigenvalue weighted by Gasteiger charge is 2.01. The summed E-state index contributed by atoms with van der Waals surface area (Å²) >= 11 is 4.75.